The summed E-state index contributed by atoms with van der Waals surface area (Å²) in [5, 5.41) is 4.60. The van der Waals surface area contributed by atoms with Crippen LogP contribution in [0.3, 0.4) is 0 Å². The Labute approximate surface area is 170 Å². The highest BCUT2D eigenvalue weighted by molar-refractivity contribution is 6.30. The number of rotatable bonds is 4. The van der Waals surface area contributed by atoms with E-state index in [9.17, 15) is 13.6 Å². The maximum absolute atomic E-state index is 14.8. The van der Waals surface area contributed by atoms with Gasteiger partial charge in [-0.3, -0.25) is 4.79 Å². The Balaban J connectivity index is 1.73. The van der Waals surface area contributed by atoms with Gasteiger partial charge in [0.15, 0.2) is 0 Å². The molecule has 1 fully saturated rings. The van der Waals surface area contributed by atoms with Crippen LogP contribution in [-0.2, 0) is 16.9 Å². The fraction of sp³-hybridized carbons (Fsp3) is 0.250. The van der Waals surface area contributed by atoms with Crippen molar-refractivity contribution in [3.63, 3.8) is 0 Å². The second kappa shape index (κ2) is 7.53. The zero-order chi connectivity index (χ0) is 20.6. The first kappa shape index (κ1) is 19.5. The van der Waals surface area contributed by atoms with Gasteiger partial charge in [0.25, 0.3) is 5.91 Å². The van der Waals surface area contributed by atoms with Crippen LogP contribution in [0.5, 0.6) is 0 Å². The van der Waals surface area contributed by atoms with Crippen LogP contribution in [0.2, 0.25) is 5.02 Å². The normalized spacial score (nSPS) is 21.5. The summed E-state index contributed by atoms with van der Waals surface area (Å²) >= 11 is 5.90. The van der Waals surface area contributed by atoms with E-state index in [-0.39, 0.29) is 24.7 Å². The molecule has 0 N–H and O–H groups in total. The smallest absolute Gasteiger partial charge is 0.256 e. The van der Waals surface area contributed by atoms with Crippen molar-refractivity contribution >= 4 is 17.5 Å². The molecule has 2 aromatic carbocycles. The van der Waals surface area contributed by atoms with Gasteiger partial charge in [-0.1, -0.05) is 17.7 Å². The highest BCUT2D eigenvalue weighted by Gasteiger charge is 2.51. The van der Waals surface area contributed by atoms with Gasteiger partial charge in [0.1, 0.15) is 36.6 Å². The van der Waals surface area contributed by atoms with Crippen LogP contribution >= 0.6 is 11.6 Å². The standard InChI is InChI=1S/C20H17ClF2N4O2/c1-13-20(9-26-11-24-10-25-26,17-7-6-16(22)8-18(17)23)29-12-27(13)19(28)14-2-4-15(21)5-3-14/h2-8,10-11,13H,9,12H2,1H3/t13-,20-/m0/s1. The summed E-state index contributed by atoms with van der Waals surface area (Å²) in [6.45, 7) is 1.80. The molecule has 6 nitrogen and oxygen atoms in total. The second-order valence-electron chi connectivity index (χ2n) is 6.84. The molecular formula is C20H17ClF2N4O2. The zero-order valence-electron chi connectivity index (χ0n) is 15.4. The van der Waals surface area contributed by atoms with E-state index in [0.29, 0.717) is 10.6 Å². The van der Waals surface area contributed by atoms with Gasteiger partial charge in [-0.15, -0.1) is 0 Å². The summed E-state index contributed by atoms with van der Waals surface area (Å²) < 4.78 is 35.8. The summed E-state index contributed by atoms with van der Waals surface area (Å²) in [6.07, 6.45) is 2.83. The second-order valence-corrected chi connectivity index (χ2v) is 7.27. The van der Waals surface area contributed by atoms with Crippen LogP contribution in [0.25, 0.3) is 0 Å². The van der Waals surface area contributed by atoms with Crippen LogP contribution in [0.1, 0.15) is 22.8 Å². The van der Waals surface area contributed by atoms with Gasteiger partial charge < -0.3 is 9.64 Å². The minimum absolute atomic E-state index is 0.0614. The minimum Gasteiger partial charge on any atom is -0.346 e. The predicted molar refractivity (Wildman–Crippen MR) is 101 cm³/mol. The first-order valence-electron chi connectivity index (χ1n) is 8.89. The Kier molecular flexibility index (Phi) is 5.06. The molecule has 0 spiro atoms. The molecule has 3 aromatic rings. The number of nitrogens with zero attached hydrogens (tertiary/aromatic N) is 4. The fourth-order valence-electron chi connectivity index (χ4n) is 3.62. The molecular weight excluding hydrogens is 402 g/mol. The first-order chi connectivity index (χ1) is 13.9. The molecule has 0 aliphatic carbocycles. The van der Waals surface area contributed by atoms with E-state index >= 15 is 0 Å². The molecule has 2 atom stereocenters. The van der Waals surface area contributed by atoms with Gasteiger partial charge in [-0.05, 0) is 37.3 Å². The molecule has 4 rings (SSSR count). The van der Waals surface area contributed by atoms with E-state index in [1.807, 2.05) is 0 Å². The lowest BCUT2D eigenvalue weighted by Crippen LogP contribution is -2.46. The zero-order valence-corrected chi connectivity index (χ0v) is 16.2. The van der Waals surface area contributed by atoms with Gasteiger partial charge >= 0.3 is 0 Å². The number of hydrogen-bond donors (Lipinski definition) is 0. The third kappa shape index (κ3) is 3.49. The van der Waals surface area contributed by atoms with Crippen molar-refractivity contribution < 1.29 is 18.3 Å². The van der Waals surface area contributed by atoms with Crippen molar-refractivity contribution in [1.29, 1.82) is 0 Å². The number of amides is 1. The number of carbonyl (C=O) groups is 1. The number of benzene rings is 2. The minimum atomic E-state index is -1.27. The molecule has 9 heteroatoms. The molecule has 0 saturated carbocycles. The van der Waals surface area contributed by atoms with Crippen molar-refractivity contribution in [3.05, 3.63) is 82.9 Å². The molecule has 1 saturated heterocycles. The highest BCUT2D eigenvalue weighted by atomic mass is 35.5. The monoisotopic (exact) mass is 418 g/mol. The summed E-state index contributed by atoms with van der Waals surface area (Å²) in [5.41, 5.74) is -0.692. The van der Waals surface area contributed by atoms with Gasteiger partial charge in [-0.2, -0.15) is 5.10 Å². The summed E-state index contributed by atoms with van der Waals surface area (Å²) in [5.74, 6) is -1.73. The van der Waals surface area contributed by atoms with Crippen molar-refractivity contribution in [2.45, 2.75) is 25.1 Å². The third-order valence-corrected chi connectivity index (χ3v) is 5.46. The largest absolute Gasteiger partial charge is 0.346 e. The summed E-state index contributed by atoms with van der Waals surface area (Å²) in [4.78, 5) is 18.5. The third-order valence-electron chi connectivity index (χ3n) is 5.21. The summed E-state index contributed by atoms with van der Waals surface area (Å²) in [6, 6.07) is 9.22. The van der Waals surface area contributed by atoms with E-state index < -0.39 is 23.3 Å². The number of halogens is 3. The van der Waals surface area contributed by atoms with Crippen LogP contribution in [0.15, 0.2) is 55.1 Å². The average Bonchev–Trinajstić information content (AvgIpc) is 3.31. The van der Waals surface area contributed by atoms with E-state index in [4.69, 9.17) is 16.3 Å². The lowest BCUT2D eigenvalue weighted by atomic mass is 9.86. The van der Waals surface area contributed by atoms with Crippen molar-refractivity contribution in [3.8, 4) is 0 Å². The Bertz CT molecular complexity index is 1030. The predicted octanol–water partition coefficient (Wildman–Crippen LogP) is 3.62. The Morgan fingerprint density at radius 3 is 2.69 bits per heavy atom. The van der Waals surface area contributed by atoms with Gasteiger partial charge in [0.2, 0.25) is 0 Å². The van der Waals surface area contributed by atoms with Crippen LogP contribution in [0, 0.1) is 11.6 Å². The molecule has 1 aromatic heterocycles. The van der Waals surface area contributed by atoms with Gasteiger partial charge in [0, 0.05) is 22.2 Å². The number of aromatic nitrogens is 3. The Hall–Kier alpha value is -2.84. The summed E-state index contributed by atoms with van der Waals surface area (Å²) in [7, 11) is 0. The molecule has 1 aliphatic rings. The number of ether oxygens (including phenoxy) is 1. The first-order valence-corrected chi connectivity index (χ1v) is 9.27. The fourth-order valence-corrected chi connectivity index (χ4v) is 3.74. The van der Waals surface area contributed by atoms with E-state index in [1.165, 1.54) is 34.4 Å². The Morgan fingerprint density at radius 2 is 2.03 bits per heavy atom. The number of carbonyl (C=O) groups excluding carboxylic acids is 1. The van der Waals surface area contributed by atoms with E-state index in [0.717, 1.165) is 6.07 Å². The Morgan fingerprint density at radius 1 is 1.28 bits per heavy atom. The van der Waals surface area contributed by atoms with Gasteiger partial charge in [0.05, 0.1) is 12.6 Å². The van der Waals surface area contributed by atoms with Crippen molar-refractivity contribution in [2.75, 3.05) is 6.73 Å². The highest BCUT2D eigenvalue weighted by Crippen LogP contribution is 2.41. The van der Waals surface area contributed by atoms with Gasteiger partial charge in [-0.25, -0.2) is 18.4 Å². The van der Waals surface area contributed by atoms with Crippen molar-refractivity contribution in [1.82, 2.24) is 19.7 Å². The SMILES string of the molecule is C[C@@H]1N(C(=O)c2ccc(Cl)cc2)CO[C@]1(Cn1cncn1)c1ccc(F)cc1F. The molecule has 29 heavy (non-hydrogen) atoms. The molecule has 2 heterocycles. The molecule has 0 bridgehead atoms. The quantitative estimate of drug-likeness (QED) is 0.649. The van der Waals surface area contributed by atoms with Crippen molar-refractivity contribution in [2.24, 2.45) is 0 Å². The van der Waals surface area contributed by atoms with Crippen LogP contribution in [0.4, 0.5) is 8.78 Å². The molecule has 150 valence electrons. The topological polar surface area (TPSA) is 60.2 Å². The van der Waals surface area contributed by atoms with Crippen LogP contribution in [-0.4, -0.2) is 38.3 Å². The maximum atomic E-state index is 14.8. The van der Waals surface area contributed by atoms with Crippen LogP contribution < -0.4 is 0 Å². The maximum Gasteiger partial charge on any atom is 0.256 e. The van der Waals surface area contributed by atoms with E-state index in [1.54, 1.807) is 31.2 Å². The molecule has 0 unspecified atom stereocenters. The number of hydrogen-bond acceptors (Lipinski definition) is 4. The molecule has 1 aliphatic heterocycles. The molecule has 1 amide bonds. The lowest BCUT2D eigenvalue weighted by Gasteiger charge is -2.34. The molecule has 0 radical (unpaired) electrons. The lowest BCUT2D eigenvalue weighted by molar-refractivity contribution is -0.0274. The van der Waals surface area contributed by atoms with E-state index in [2.05, 4.69) is 10.1 Å². The average molecular weight is 419 g/mol.